The number of sulfonamides is 1. The molecule has 32 heavy (non-hydrogen) atoms. The fraction of sp³-hybridized carbons (Fsp3) is 0.240. The van der Waals surface area contributed by atoms with Crippen molar-refractivity contribution in [1.82, 2.24) is 9.62 Å². The summed E-state index contributed by atoms with van der Waals surface area (Å²) in [6, 6.07) is 19.6. The molecule has 0 saturated heterocycles. The lowest BCUT2D eigenvalue weighted by molar-refractivity contribution is -0.122. The molecule has 1 heterocycles. The first-order valence-corrected chi connectivity index (χ1v) is 12.0. The lowest BCUT2D eigenvalue weighted by atomic mass is 9.92. The van der Waals surface area contributed by atoms with Crippen LogP contribution in [0.4, 0.5) is 4.39 Å². The number of halogens is 1. The van der Waals surface area contributed by atoms with Gasteiger partial charge in [-0.05, 0) is 54.3 Å². The summed E-state index contributed by atoms with van der Waals surface area (Å²) in [7, 11) is -3.90. The maximum Gasteiger partial charge on any atom is 0.243 e. The van der Waals surface area contributed by atoms with Gasteiger partial charge in [-0.25, -0.2) is 12.8 Å². The number of carbonyl (C=O) groups excluding carboxylic acids is 1. The van der Waals surface area contributed by atoms with E-state index in [1.165, 1.54) is 16.4 Å². The highest BCUT2D eigenvalue weighted by atomic mass is 32.2. The number of hydrogen-bond donors (Lipinski definition) is 1. The lowest BCUT2D eigenvalue weighted by Crippen LogP contribution is -2.42. The summed E-state index contributed by atoms with van der Waals surface area (Å²) in [6.07, 6.45) is 0.557. The van der Waals surface area contributed by atoms with E-state index in [4.69, 9.17) is 0 Å². The average Bonchev–Trinajstić information content (AvgIpc) is 2.79. The number of benzene rings is 3. The van der Waals surface area contributed by atoms with Crippen molar-refractivity contribution in [3.8, 4) is 0 Å². The molecular weight excluding hydrogens is 427 g/mol. The van der Waals surface area contributed by atoms with Gasteiger partial charge in [0, 0.05) is 19.5 Å². The van der Waals surface area contributed by atoms with E-state index < -0.39 is 21.9 Å². The molecule has 0 saturated carbocycles. The van der Waals surface area contributed by atoms with Crippen LogP contribution in [0.15, 0.2) is 77.7 Å². The molecule has 1 aliphatic rings. The van der Waals surface area contributed by atoms with Gasteiger partial charge in [-0.2, -0.15) is 4.31 Å². The van der Waals surface area contributed by atoms with Gasteiger partial charge < -0.3 is 5.32 Å². The van der Waals surface area contributed by atoms with Crippen LogP contribution in [0, 0.1) is 12.7 Å². The molecule has 1 N–H and O–H groups in total. The van der Waals surface area contributed by atoms with Crippen LogP contribution in [-0.2, 0) is 27.8 Å². The van der Waals surface area contributed by atoms with E-state index in [2.05, 4.69) is 5.32 Å². The normalized spacial score (nSPS) is 16.4. The fourth-order valence-corrected chi connectivity index (χ4v) is 5.63. The highest BCUT2D eigenvalue weighted by molar-refractivity contribution is 7.89. The molecule has 3 aromatic carbocycles. The number of rotatable bonds is 6. The second-order valence-corrected chi connectivity index (χ2v) is 9.89. The lowest BCUT2D eigenvalue weighted by Gasteiger charge is -2.36. The molecule has 0 fully saturated rings. The molecule has 0 bridgehead atoms. The van der Waals surface area contributed by atoms with Crippen LogP contribution in [0.3, 0.4) is 0 Å². The van der Waals surface area contributed by atoms with E-state index in [0.717, 1.165) is 34.4 Å². The van der Waals surface area contributed by atoms with Crippen LogP contribution < -0.4 is 5.32 Å². The predicted molar refractivity (Wildman–Crippen MR) is 121 cm³/mol. The van der Waals surface area contributed by atoms with E-state index in [-0.39, 0.29) is 23.8 Å². The van der Waals surface area contributed by atoms with E-state index in [0.29, 0.717) is 13.0 Å². The van der Waals surface area contributed by atoms with Crippen molar-refractivity contribution in [2.75, 3.05) is 6.54 Å². The molecular formula is C25H25FN2O3S. The predicted octanol–water partition coefficient (Wildman–Crippen LogP) is 4.13. The Kier molecular flexibility index (Phi) is 6.39. The van der Waals surface area contributed by atoms with Gasteiger partial charge in [0.1, 0.15) is 5.82 Å². The van der Waals surface area contributed by atoms with Crippen LogP contribution in [0.2, 0.25) is 0 Å². The van der Waals surface area contributed by atoms with Crippen LogP contribution in [0.1, 0.15) is 34.7 Å². The van der Waals surface area contributed by atoms with E-state index in [1.54, 1.807) is 0 Å². The van der Waals surface area contributed by atoms with Crippen molar-refractivity contribution < 1.29 is 17.6 Å². The van der Waals surface area contributed by atoms with Crippen molar-refractivity contribution >= 4 is 15.9 Å². The molecule has 1 amide bonds. The van der Waals surface area contributed by atoms with Gasteiger partial charge >= 0.3 is 0 Å². The van der Waals surface area contributed by atoms with Crippen LogP contribution >= 0.6 is 0 Å². The number of amides is 1. The first-order chi connectivity index (χ1) is 15.3. The molecule has 0 spiro atoms. The van der Waals surface area contributed by atoms with Crippen molar-refractivity contribution in [3.05, 3.63) is 101 Å². The number of aryl methyl sites for hydroxylation is 1. The summed E-state index contributed by atoms with van der Waals surface area (Å²) in [4.78, 5) is 12.8. The van der Waals surface area contributed by atoms with Gasteiger partial charge in [-0.3, -0.25) is 4.79 Å². The molecule has 0 aromatic heterocycles. The first kappa shape index (κ1) is 22.2. The zero-order chi connectivity index (χ0) is 22.7. The van der Waals surface area contributed by atoms with Gasteiger partial charge in [-0.15, -0.1) is 0 Å². The summed E-state index contributed by atoms with van der Waals surface area (Å²) >= 11 is 0. The summed E-state index contributed by atoms with van der Waals surface area (Å²) in [5, 5.41) is 2.91. The highest BCUT2D eigenvalue weighted by Gasteiger charge is 2.37. The quantitative estimate of drug-likeness (QED) is 0.612. The Hall–Kier alpha value is -3.03. The van der Waals surface area contributed by atoms with Crippen molar-refractivity contribution in [2.24, 2.45) is 0 Å². The summed E-state index contributed by atoms with van der Waals surface area (Å²) in [5.74, 6) is -0.730. The Labute approximate surface area is 187 Å². The van der Waals surface area contributed by atoms with Crippen molar-refractivity contribution in [2.45, 2.75) is 37.2 Å². The van der Waals surface area contributed by atoms with Gasteiger partial charge in [0.2, 0.25) is 15.9 Å². The first-order valence-electron chi connectivity index (χ1n) is 10.5. The van der Waals surface area contributed by atoms with E-state index in [1.807, 2.05) is 55.5 Å². The molecule has 1 aliphatic heterocycles. The second kappa shape index (κ2) is 9.22. The molecule has 166 valence electrons. The maximum absolute atomic E-state index is 13.4. The molecule has 1 atom stereocenters. The largest absolute Gasteiger partial charge is 0.352 e. The Morgan fingerprint density at radius 1 is 1.03 bits per heavy atom. The standard InChI is InChI=1S/C25H25FN2O3S/c1-18-6-8-19(9-7-18)17-27-25(29)16-24-23-5-3-2-4-20(23)14-15-28(24)32(30,31)22-12-10-21(26)11-13-22/h2-13,24H,14-17H2,1H3,(H,27,29)/t24-/m0/s1. The second-order valence-electron chi connectivity index (χ2n) is 8.00. The topological polar surface area (TPSA) is 66.5 Å². The van der Waals surface area contributed by atoms with Crippen LogP contribution in [0.5, 0.6) is 0 Å². The van der Waals surface area contributed by atoms with E-state index >= 15 is 0 Å². The maximum atomic E-state index is 13.4. The van der Waals surface area contributed by atoms with E-state index in [9.17, 15) is 17.6 Å². The SMILES string of the molecule is Cc1ccc(CNC(=O)C[C@H]2c3ccccc3CCN2S(=O)(=O)c2ccc(F)cc2)cc1. The van der Waals surface area contributed by atoms with Gasteiger partial charge in [0.05, 0.1) is 10.9 Å². The molecule has 7 heteroatoms. The van der Waals surface area contributed by atoms with Crippen molar-refractivity contribution in [3.63, 3.8) is 0 Å². The minimum atomic E-state index is -3.90. The number of carbonyl (C=O) groups is 1. The monoisotopic (exact) mass is 452 g/mol. The molecule has 0 aliphatic carbocycles. The molecule has 0 unspecified atom stereocenters. The van der Waals surface area contributed by atoms with Gasteiger partial charge in [-0.1, -0.05) is 54.1 Å². The molecule has 4 rings (SSSR count). The summed E-state index contributed by atoms with van der Waals surface area (Å²) < 4.78 is 41.5. The van der Waals surface area contributed by atoms with Crippen LogP contribution in [0.25, 0.3) is 0 Å². The minimum Gasteiger partial charge on any atom is -0.352 e. The smallest absolute Gasteiger partial charge is 0.243 e. The minimum absolute atomic E-state index is 0.00327. The Bertz CT molecular complexity index is 1210. The third-order valence-electron chi connectivity index (χ3n) is 5.77. The number of hydrogen-bond acceptors (Lipinski definition) is 3. The Morgan fingerprint density at radius 3 is 2.44 bits per heavy atom. The average molecular weight is 453 g/mol. The van der Waals surface area contributed by atoms with Crippen molar-refractivity contribution in [1.29, 1.82) is 0 Å². The number of fused-ring (bicyclic) bond motifs is 1. The third-order valence-corrected chi connectivity index (χ3v) is 7.69. The zero-order valence-corrected chi connectivity index (χ0v) is 18.6. The Balaban J connectivity index is 1.58. The number of nitrogens with one attached hydrogen (secondary N) is 1. The summed E-state index contributed by atoms with van der Waals surface area (Å²) in [6.45, 7) is 2.63. The molecule has 3 aromatic rings. The molecule has 0 radical (unpaired) electrons. The third kappa shape index (κ3) is 4.74. The zero-order valence-electron chi connectivity index (χ0n) is 17.8. The Morgan fingerprint density at radius 2 is 1.72 bits per heavy atom. The molecule has 5 nitrogen and oxygen atoms in total. The fourth-order valence-electron chi connectivity index (χ4n) is 4.02. The summed E-state index contributed by atoms with van der Waals surface area (Å²) in [5.41, 5.74) is 3.98. The van der Waals surface area contributed by atoms with Gasteiger partial charge in [0.25, 0.3) is 0 Å². The number of nitrogens with zero attached hydrogens (tertiary/aromatic N) is 1. The van der Waals surface area contributed by atoms with Crippen LogP contribution in [-0.4, -0.2) is 25.2 Å². The highest BCUT2D eigenvalue weighted by Crippen LogP contribution is 2.36. The van der Waals surface area contributed by atoms with Gasteiger partial charge in [0.15, 0.2) is 0 Å².